The minimum Gasteiger partial charge on any atom is -0.507 e. The summed E-state index contributed by atoms with van der Waals surface area (Å²) in [6.07, 6.45) is 0. The van der Waals surface area contributed by atoms with Gasteiger partial charge < -0.3 is 20.6 Å². The maximum Gasteiger partial charge on any atom is 0.255 e. The van der Waals surface area contributed by atoms with Gasteiger partial charge in [0.15, 0.2) is 0 Å². The van der Waals surface area contributed by atoms with Gasteiger partial charge in [-0.2, -0.15) is 0 Å². The van der Waals surface area contributed by atoms with Crippen molar-refractivity contribution < 1.29 is 28.3 Å². The minimum absolute atomic E-state index is 0.103. The molecule has 7 nitrogen and oxygen atoms in total. The van der Waals surface area contributed by atoms with E-state index in [4.69, 9.17) is 0 Å². The van der Waals surface area contributed by atoms with Crippen LogP contribution in [0.4, 0.5) is 14.5 Å². The average Bonchev–Trinajstić information content (AvgIpc) is 2.81. The van der Waals surface area contributed by atoms with Crippen LogP contribution in [0.3, 0.4) is 0 Å². The van der Waals surface area contributed by atoms with Gasteiger partial charge in [0.25, 0.3) is 11.8 Å². The second-order valence-corrected chi connectivity index (χ2v) is 7.42. The van der Waals surface area contributed by atoms with Gasteiger partial charge in [-0.05, 0) is 36.8 Å². The lowest BCUT2D eigenvalue weighted by atomic mass is 10.1. The van der Waals surface area contributed by atoms with Gasteiger partial charge in [0.05, 0.1) is 12.1 Å². The molecule has 3 amide bonds. The van der Waals surface area contributed by atoms with Crippen molar-refractivity contribution in [2.24, 2.45) is 0 Å². The first-order valence-corrected chi connectivity index (χ1v) is 10.5. The van der Waals surface area contributed by atoms with E-state index in [2.05, 4.69) is 10.6 Å². The van der Waals surface area contributed by atoms with Crippen molar-refractivity contribution in [2.75, 3.05) is 18.4 Å². The summed E-state index contributed by atoms with van der Waals surface area (Å²) in [5, 5.41) is 15.1. The van der Waals surface area contributed by atoms with Gasteiger partial charge in [-0.25, -0.2) is 8.78 Å². The molecule has 176 valence electrons. The maximum atomic E-state index is 13.3. The predicted molar refractivity (Wildman–Crippen MR) is 122 cm³/mol. The Balaban J connectivity index is 1.60. The molecular weight excluding hydrogens is 444 g/mol. The van der Waals surface area contributed by atoms with Gasteiger partial charge >= 0.3 is 0 Å². The number of phenolic OH excluding ortho intramolecular Hbond substituents is 1. The zero-order valence-corrected chi connectivity index (χ0v) is 18.3. The lowest BCUT2D eigenvalue weighted by Gasteiger charge is -2.21. The first-order valence-electron chi connectivity index (χ1n) is 10.5. The van der Waals surface area contributed by atoms with Crippen LogP contribution in [0.15, 0.2) is 66.7 Å². The number of amides is 3. The molecule has 3 N–H and O–H groups in total. The Kier molecular flexibility index (Phi) is 7.92. The molecule has 0 spiro atoms. The molecule has 3 aromatic rings. The van der Waals surface area contributed by atoms with Crippen molar-refractivity contribution in [3.63, 3.8) is 0 Å². The van der Waals surface area contributed by atoms with E-state index in [1.54, 1.807) is 4.90 Å². The highest BCUT2D eigenvalue weighted by Gasteiger charge is 2.17. The Morgan fingerprint density at radius 2 is 1.59 bits per heavy atom. The third-order valence-corrected chi connectivity index (χ3v) is 4.98. The van der Waals surface area contributed by atoms with Gasteiger partial charge in [0, 0.05) is 36.5 Å². The van der Waals surface area contributed by atoms with Crippen LogP contribution in [0.25, 0.3) is 0 Å². The first kappa shape index (κ1) is 24.4. The summed E-state index contributed by atoms with van der Waals surface area (Å²) in [6, 6.07) is 15.5. The molecule has 0 aromatic heterocycles. The van der Waals surface area contributed by atoms with Crippen molar-refractivity contribution in [3.8, 4) is 5.75 Å². The Bertz CT molecular complexity index is 1180. The highest BCUT2D eigenvalue weighted by molar-refractivity contribution is 6.05. The van der Waals surface area contributed by atoms with Crippen molar-refractivity contribution in [1.29, 1.82) is 0 Å². The van der Waals surface area contributed by atoms with E-state index >= 15 is 0 Å². The highest BCUT2D eigenvalue weighted by Crippen LogP contribution is 2.23. The van der Waals surface area contributed by atoms with Crippen LogP contribution >= 0.6 is 0 Å². The summed E-state index contributed by atoms with van der Waals surface area (Å²) < 4.78 is 26.6. The number of hydrogen-bond donors (Lipinski definition) is 3. The molecular formula is C25H23F2N3O4. The van der Waals surface area contributed by atoms with Gasteiger partial charge in [-0.1, -0.05) is 30.3 Å². The summed E-state index contributed by atoms with van der Waals surface area (Å²) >= 11 is 0. The standard InChI is InChI=1S/C25H23F2N3O4/c1-2-30(15-16-6-4-3-5-7-16)23(32)14-28-25(34)21-9-8-20(13-22(21)31)29-24(33)17-10-18(26)12-19(27)11-17/h3-13,31H,2,14-15H2,1H3,(H,28,34)(H,29,33). The molecule has 0 unspecified atom stereocenters. The molecule has 34 heavy (non-hydrogen) atoms. The lowest BCUT2D eigenvalue weighted by Crippen LogP contribution is -2.39. The van der Waals surface area contributed by atoms with Crippen molar-refractivity contribution in [3.05, 3.63) is 95.1 Å². The molecule has 0 aliphatic rings. The largest absolute Gasteiger partial charge is 0.507 e. The fraction of sp³-hybridized carbons (Fsp3) is 0.160. The number of benzene rings is 3. The second-order valence-electron chi connectivity index (χ2n) is 7.42. The van der Waals surface area contributed by atoms with Crippen LogP contribution in [0.1, 0.15) is 33.2 Å². The third-order valence-electron chi connectivity index (χ3n) is 4.98. The Hall–Kier alpha value is -4.27. The Labute approximate surface area is 195 Å². The molecule has 0 fully saturated rings. The SMILES string of the molecule is CCN(Cc1ccccc1)C(=O)CNC(=O)c1ccc(NC(=O)c2cc(F)cc(F)c2)cc1O. The number of rotatable bonds is 8. The molecule has 9 heteroatoms. The number of phenols is 1. The fourth-order valence-electron chi connectivity index (χ4n) is 3.23. The number of likely N-dealkylation sites (N-methyl/N-ethyl adjacent to an activating group) is 1. The monoisotopic (exact) mass is 467 g/mol. The molecule has 3 rings (SSSR count). The normalized spacial score (nSPS) is 10.4. The number of carbonyl (C=O) groups excluding carboxylic acids is 3. The summed E-state index contributed by atoms with van der Waals surface area (Å²) in [5.74, 6) is -4.00. The maximum absolute atomic E-state index is 13.3. The smallest absolute Gasteiger partial charge is 0.255 e. The number of aromatic hydroxyl groups is 1. The van der Waals surface area contributed by atoms with E-state index in [0.717, 1.165) is 23.8 Å². The van der Waals surface area contributed by atoms with Crippen LogP contribution in [0, 0.1) is 11.6 Å². The lowest BCUT2D eigenvalue weighted by molar-refractivity contribution is -0.130. The van der Waals surface area contributed by atoms with Crippen molar-refractivity contribution in [2.45, 2.75) is 13.5 Å². The number of anilines is 1. The molecule has 0 aliphatic heterocycles. The predicted octanol–water partition coefficient (Wildman–Crippen LogP) is 3.70. The van der Waals surface area contributed by atoms with Crippen molar-refractivity contribution in [1.82, 2.24) is 10.2 Å². The van der Waals surface area contributed by atoms with Crippen molar-refractivity contribution >= 4 is 23.4 Å². The zero-order chi connectivity index (χ0) is 24.7. The van der Waals surface area contributed by atoms with Gasteiger partial charge in [0.2, 0.25) is 5.91 Å². The Morgan fingerprint density at radius 1 is 0.912 bits per heavy atom. The summed E-state index contributed by atoms with van der Waals surface area (Å²) in [7, 11) is 0. The van der Waals surface area contributed by atoms with Gasteiger partial charge in [-0.3, -0.25) is 14.4 Å². The molecule has 0 heterocycles. The van der Waals surface area contributed by atoms with Gasteiger partial charge in [0.1, 0.15) is 17.4 Å². The molecule has 0 atom stereocenters. The number of halogens is 2. The first-order chi connectivity index (χ1) is 16.3. The van der Waals surface area contributed by atoms with Crippen LogP contribution in [0.2, 0.25) is 0 Å². The molecule has 0 radical (unpaired) electrons. The molecule has 0 bridgehead atoms. The number of carbonyl (C=O) groups is 3. The molecule has 0 aliphatic carbocycles. The number of hydrogen-bond acceptors (Lipinski definition) is 4. The van der Waals surface area contributed by atoms with E-state index in [1.807, 2.05) is 37.3 Å². The summed E-state index contributed by atoms with van der Waals surface area (Å²) in [6.45, 7) is 2.43. The second kappa shape index (κ2) is 11.0. The van der Waals surface area contributed by atoms with E-state index in [0.29, 0.717) is 19.2 Å². The fourth-order valence-corrected chi connectivity index (χ4v) is 3.23. The van der Waals surface area contributed by atoms with E-state index in [1.165, 1.54) is 12.1 Å². The van der Waals surface area contributed by atoms with Gasteiger partial charge in [-0.15, -0.1) is 0 Å². The summed E-state index contributed by atoms with van der Waals surface area (Å²) in [4.78, 5) is 38.8. The van der Waals surface area contributed by atoms with Crippen LogP contribution in [0.5, 0.6) is 5.75 Å². The molecule has 0 saturated heterocycles. The number of nitrogens with one attached hydrogen (secondary N) is 2. The molecule has 0 saturated carbocycles. The van der Waals surface area contributed by atoms with E-state index in [9.17, 15) is 28.3 Å². The zero-order valence-electron chi connectivity index (χ0n) is 18.3. The molecule has 3 aromatic carbocycles. The van der Waals surface area contributed by atoms with Crippen LogP contribution < -0.4 is 10.6 Å². The van der Waals surface area contributed by atoms with E-state index in [-0.39, 0.29) is 29.3 Å². The quantitative estimate of drug-likeness (QED) is 0.471. The van der Waals surface area contributed by atoms with E-state index < -0.39 is 29.2 Å². The average molecular weight is 467 g/mol. The summed E-state index contributed by atoms with van der Waals surface area (Å²) in [5.41, 5.74) is 0.724. The van der Waals surface area contributed by atoms with Crippen LogP contribution in [-0.2, 0) is 11.3 Å². The minimum atomic E-state index is -0.903. The third kappa shape index (κ3) is 6.38. The highest BCUT2D eigenvalue weighted by atomic mass is 19.1. The van der Waals surface area contributed by atoms with Crippen LogP contribution in [-0.4, -0.2) is 40.8 Å². The Morgan fingerprint density at radius 3 is 2.21 bits per heavy atom. The number of nitrogens with zero attached hydrogens (tertiary/aromatic N) is 1. The topological polar surface area (TPSA) is 98.7 Å².